The minimum absolute atomic E-state index is 0.0285. The average molecular weight is 249 g/mol. The zero-order chi connectivity index (χ0) is 13.1. The maximum absolute atomic E-state index is 5.63. The van der Waals surface area contributed by atoms with E-state index < -0.39 is 0 Å². The molecule has 1 atom stereocenters. The molecule has 0 aromatic carbocycles. The molecule has 0 saturated heterocycles. The monoisotopic (exact) mass is 249 g/mol. The van der Waals surface area contributed by atoms with Crippen LogP contribution < -0.4 is 11.3 Å². The maximum Gasteiger partial charge on any atom is 0.138 e. The summed E-state index contributed by atoms with van der Waals surface area (Å²) in [5.74, 6) is 6.54. The number of imidazole rings is 1. The van der Waals surface area contributed by atoms with Crippen LogP contribution in [0.1, 0.15) is 37.4 Å². The molecule has 7 nitrogen and oxygen atoms in total. The number of rotatable bonds is 5. The van der Waals surface area contributed by atoms with Gasteiger partial charge in [-0.2, -0.15) is 5.10 Å². The predicted octanol–water partition coefficient (Wildman–Crippen LogP) is 0.340. The summed E-state index contributed by atoms with van der Waals surface area (Å²) in [7, 11) is 1.94. The number of nitrogens with two attached hydrogens (primary N) is 1. The van der Waals surface area contributed by atoms with E-state index in [0.717, 1.165) is 11.5 Å². The van der Waals surface area contributed by atoms with Gasteiger partial charge in [0.1, 0.15) is 12.2 Å². The predicted molar refractivity (Wildman–Crippen MR) is 67.4 cm³/mol. The highest BCUT2D eigenvalue weighted by Crippen LogP contribution is 2.17. The first kappa shape index (κ1) is 12.7. The van der Waals surface area contributed by atoms with E-state index in [0.29, 0.717) is 6.42 Å². The number of hydrazine groups is 1. The Hall–Kier alpha value is -1.73. The van der Waals surface area contributed by atoms with Crippen LogP contribution in [-0.2, 0) is 13.5 Å². The van der Waals surface area contributed by atoms with Gasteiger partial charge >= 0.3 is 0 Å². The molecule has 0 bridgehead atoms. The quantitative estimate of drug-likeness (QED) is 0.589. The fraction of sp³-hybridized carbons (Fsp3) is 0.545. The molecule has 2 heterocycles. The molecule has 2 aromatic heterocycles. The molecule has 0 spiro atoms. The molecule has 7 heteroatoms. The Morgan fingerprint density at radius 1 is 1.44 bits per heavy atom. The SMILES string of the molecule is CC(C)n1ncnc1CC(NN)c1cncn1C. The summed E-state index contributed by atoms with van der Waals surface area (Å²) in [5.41, 5.74) is 3.83. The van der Waals surface area contributed by atoms with Gasteiger partial charge in [-0.3, -0.25) is 11.3 Å². The Labute approximate surface area is 106 Å². The molecule has 0 aliphatic rings. The van der Waals surface area contributed by atoms with Crippen molar-refractivity contribution in [2.45, 2.75) is 32.4 Å². The van der Waals surface area contributed by atoms with E-state index in [1.165, 1.54) is 0 Å². The third-order valence-electron chi connectivity index (χ3n) is 2.94. The van der Waals surface area contributed by atoms with Crippen molar-refractivity contribution < 1.29 is 0 Å². The molecule has 0 amide bonds. The van der Waals surface area contributed by atoms with Crippen LogP contribution in [0, 0.1) is 0 Å². The second-order valence-corrected chi connectivity index (χ2v) is 4.57. The molecule has 98 valence electrons. The minimum Gasteiger partial charge on any atom is -0.336 e. The zero-order valence-electron chi connectivity index (χ0n) is 10.9. The molecule has 0 saturated carbocycles. The van der Waals surface area contributed by atoms with Gasteiger partial charge in [-0.15, -0.1) is 0 Å². The van der Waals surface area contributed by atoms with E-state index in [1.807, 2.05) is 16.3 Å². The largest absolute Gasteiger partial charge is 0.336 e. The van der Waals surface area contributed by atoms with Gasteiger partial charge in [-0.1, -0.05) is 0 Å². The smallest absolute Gasteiger partial charge is 0.138 e. The minimum atomic E-state index is -0.0285. The zero-order valence-corrected chi connectivity index (χ0v) is 10.9. The second kappa shape index (κ2) is 5.28. The summed E-state index contributed by atoms with van der Waals surface area (Å²) in [5, 5.41) is 4.22. The maximum atomic E-state index is 5.63. The van der Waals surface area contributed by atoms with Gasteiger partial charge in [0.25, 0.3) is 0 Å². The normalized spacial score (nSPS) is 13.2. The number of hydrogen-bond donors (Lipinski definition) is 2. The molecule has 0 radical (unpaired) electrons. The average Bonchev–Trinajstić information content (AvgIpc) is 2.94. The highest BCUT2D eigenvalue weighted by Gasteiger charge is 2.18. The van der Waals surface area contributed by atoms with E-state index in [2.05, 4.69) is 34.3 Å². The molecule has 18 heavy (non-hydrogen) atoms. The number of aromatic nitrogens is 5. The number of nitrogens with one attached hydrogen (secondary N) is 1. The van der Waals surface area contributed by atoms with Crippen molar-refractivity contribution in [2.24, 2.45) is 12.9 Å². The van der Waals surface area contributed by atoms with Gasteiger partial charge in [0.2, 0.25) is 0 Å². The van der Waals surface area contributed by atoms with Crippen LogP contribution in [0.3, 0.4) is 0 Å². The van der Waals surface area contributed by atoms with Crippen LogP contribution in [0.2, 0.25) is 0 Å². The molecular formula is C11H19N7. The van der Waals surface area contributed by atoms with Crippen LogP contribution in [0.25, 0.3) is 0 Å². The van der Waals surface area contributed by atoms with Gasteiger partial charge in [0.15, 0.2) is 0 Å². The lowest BCUT2D eigenvalue weighted by molar-refractivity contribution is 0.458. The highest BCUT2D eigenvalue weighted by atomic mass is 15.3. The van der Waals surface area contributed by atoms with Crippen molar-refractivity contribution in [3.05, 3.63) is 30.4 Å². The first-order valence-electron chi connectivity index (χ1n) is 5.94. The van der Waals surface area contributed by atoms with Gasteiger partial charge in [0, 0.05) is 25.7 Å². The van der Waals surface area contributed by atoms with Gasteiger partial charge < -0.3 is 4.57 Å². The van der Waals surface area contributed by atoms with Crippen molar-refractivity contribution in [3.63, 3.8) is 0 Å². The molecule has 3 N–H and O–H groups in total. The van der Waals surface area contributed by atoms with Crippen LogP contribution in [0.4, 0.5) is 0 Å². The Morgan fingerprint density at radius 3 is 2.78 bits per heavy atom. The lowest BCUT2D eigenvalue weighted by Gasteiger charge is -2.17. The van der Waals surface area contributed by atoms with Gasteiger partial charge in [0.05, 0.1) is 18.1 Å². The molecule has 1 unspecified atom stereocenters. The molecule has 0 aliphatic carbocycles. The van der Waals surface area contributed by atoms with Crippen molar-refractivity contribution in [2.75, 3.05) is 0 Å². The Morgan fingerprint density at radius 2 is 2.22 bits per heavy atom. The van der Waals surface area contributed by atoms with Crippen LogP contribution >= 0.6 is 0 Å². The van der Waals surface area contributed by atoms with Crippen molar-refractivity contribution in [3.8, 4) is 0 Å². The molecule has 0 fully saturated rings. The summed E-state index contributed by atoms with van der Waals surface area (Å²) in [6, 6.07) is 0.256. The number of nitrogens with zero attached hydrogens (tertiary/aromatic N) is 5. The Balaban J connectivity index is 2.21. The topological polar surface area (TPSA) is 86.6 Å². The van der Waals surface area contributed by atoms with Crippen LogP contribution in [0.15, 0.2) is 18.9 Å². The second-order valence-electron chi connectivity index (χ2n) is 4.57. The van der Waals surface area contributed by atoms with Crippen LogP contribution in [0.5, 0.6) is 0 Å². The van der Waals surface area contributed by atoms with Crippen LogP contribution in [-0.4, -0.2) is 24.3 Å². The fourth-order valence-electron chi connectivity index (χ4n) is 1.99. The standard InChI is InChI=1S/C11H19N7/c1-8(2)18-11(14-6-15-18)4-9(16-12)10-5-13-7-17(10)3/h5-9,16H,4,12H2,1-3H3. The van der Waals surface area contributed by atoms with Crippen molar-refractivity contribution >= 4 is 0 Å². The van der Waals surface area contributed by atoms with E-state index in [1.54, 1.807) is 18.9 Å². The molecule has 2 aromatic rings. The fourth-order valence-corrected chi connectivity index (χ4v) is 1.99. The van der Waals surface area contributed by atoms with Crippen molar-refractivity contribution in [1.29, 1.82) is 0 Å². The van der Waals surface area contributed by atoms with E-state index >= 15 is 0 Å². The Bertz CT molecular complexity index is 499. The lowest BCUT2D eigenvalue weighted by atomic mass is 10.1. The summed E-state index contributed by atoms with van der Waals surface area (Å²) >= 11 is 0. The summed E-state index contributed by atoms with van der Waals surface area (Å²) < 4.78 is 3.85. The Kier molecular flexibility index (Phi) is 3.73. The number of hydrogen-bond acceptors (Lipinski definition) is 5. The van der Waals surface area contributed by atoms with E-state index in [9.17, 15) is 0 Å². The lowest BCUT2D eigenvalue weighted by Crippen LogP contribution is -2.31. The van der Waals surface area contributed by atoms with Gasteiger partial charge in [-0.05, 0) is 13.8 Å². The third-order valence-corrected chi connectivity index (χ3v) is 2.94. The van der Waals surface area contributed by atoms with E-state index in [-0.39, 0.29) is 12.1 Å². The molecular weight excluding hydrogens is 230 g/mol. The highest BCUT2D eigenvalue weighted by molar-refractivity contribution is 5.07. The summed E-state index contributed by atoms with van der Waals surface area (Å²) in [4.78, 5) is 8.39. The number of aryl methyl sites for hydroxylation is 1. The van der Waals surface area contributed by atoms with Crippen molar-refractivity contribution in [1.82, 2.24) is 29.7 Å². The summed E-state index contributed by atoms with van der Waals surface area (Å²) in [6.45, 7) is 4.15. The third kappa shape index (κ3) is 2.41. The first-order chi connectivity index (χ1) is 8.63. The first-order valence-corrected chi connectivity index (χ1v) is 5.94. The summed E-state index contributed by atoms with van der Waals surface area (Å²) in [6.07, 6.45) is 5.81. The van der Waals surface area contributed by atoms with Gasteiger partial charge in [-0.25, -0.2) is 14.6 Å². The molecule has 2 rings (SSSR count). The van der Waals surface area contributed by atoms with E-state index in [4.69, 9.17) is 5.84 Å². The molecule has 0 aliphatic heterocycles.